The minimum Gasteiger partial charge on any atom is -0.461 e. The molecule has 0 saturated carbocycles. The fourth-order valence-electron chi connectivity index (χ4n) is 0.791. The van der Waals surface area contributed by atoms with Crippen LogP contribution in [0, 0.1) is 0 Å². The third-order valence-corrected chi connectivity index (χ3v) is 1.42. The SMILES string of the molecule is CNC(=O)c1ccc(OCF)cn1. The molecule has 1 aromatic heterocycles. The van der Waals surface area contributed by atoms with Gasteiger partial charge in [0, 0.05) is 7.05 Å². The summed E-state index contributed by atoms with van der Waals surface area (Å²) in [6, 6.07) is 2.95. The van der Waals surface area contributed by atoms with Gasteiger partial charge in [-0.25, -0.2) is 9.37 Å². The van der Waals surface area contributed by atoms with Crippen LogP contribution >= 0.6 is 0 Å². The van der Waals surface area contributed by atoms with Crippen molar-refractivity contribution in [1.29, 1.82) is 0 Å². The maximum Gasteiger partial charge on any atom is 0.269 e. The van der Waals surface area contributed by atoms with Crippen molar-refractivity contribution in [2.75, 3.05) is 13.9 Å². The third kappa shape index (κ3) is 2.40. The van der Waals surface area contributed by atoms with Gasteiger partial charge in [-0.1, -0.05) is 0 Å². The Morgan fingerprint density at radius 1 is 1.69 bits per heavy atom. The summed E-state index contributed by atoms with van der Waals surface area (Å²) in [5.41, 5.74) is 0.272. The van der Waals surface area contributed by atoms with Gasteiger partial charge in [0.25, 0.3) is 5.91 Å². The molecule has 0 saturated heterocycles. The van der Waals surface area contributed by atoms with Crippen molar-refractivity contribution in [2.45, 2.75) is 0 Å². The molecule has 0 aromatic carbocycles. The minimum absolute atomic E-state index is 0.272. The predicted octanol–water partition coefficient (Wildman–Crippen LogP) is 0.747. The first-order valence-electron chi connectivity index (χ1n) is 3.65. The van der Waals surface area contributed by atoms with E-state index in [9.17, 15) is 9.18 Å². The summed E-state index contributed by atoms with van der Waals surface area (Å²) < 4.78 is 16.2. The monoisotopic (exact) mass is 184 g/mol. The van der Waals surface area contributed by atoms with Gasteiger partial charge in [0.05, 0.1) is 6.20 Å². The summed E-state index contributed by atoms with van der Waals surface area (Å²) in [6.45, 7) is -0.902. The molecule has 0 bridgehead atoms. The molecule has 0 aliphatic heterocycles. The minimum atomic E-state index is -0.902. The van der Waals surface area contributed by atoms with Crippen LogP contribution in [0.1, 0.15) is 10.5 Å². The number of alkyl halides is 1. The number of rotatable bonds is 3. The van der Waals surface area contributed by atoms with Crippen molar-refractivity contribution in [3.05, 3.63) is 24.0 Å². The quantitative estimate of drug-likeness (QED) is 0.754. The second kappa shape index (κ2) is 4.39. The molecule has 1 aromatic rings. The fraction of sp³-hybridized carbons (Fsp3) is 0.250. The first-order valence-corrected chi connectivity index (χ1v) is 3.65. The molecule has 70 valence electrons. The van der Waals surface area contributed by atoms with E-state index in [1.54, 1.807) is 0 Å². The number of ether oxygens (including phenoxy) is 1. The third-order valence-electron chi connectivity index (χ3n) is 1.42. The van der Waals surface area contributed by atoms with Gasteiger partial charge >= 0.3 is 0 Å². The predicted molar refractivity (Wildman–Crippen MR) is 44.2 cm³/mol. The molecule has 0 unspecified atom stereocenters. The lowest BCUT2D eigenvalue weighted by Crippen LogP contribution is -2.18. The highest BCUT2D eigenvalue weighted by Crippen LogP contribution is 2.08. The summed E-state index contributed by atoms with van der Waals surface area (Å²) in [7, 11) is 1.51. The van der Waals surface area contributed by atoms with Gasteiger partial charge in [0.1, 0.15) is 11.4 Å². The van der Waals surface area contributed by atoms with E-state index in [0.717, 1.165) is 0 Å². The van der Waals surface area contributed by atoms with Gasteiger partial charge < -0.3 is 10.1 Å². The summed E-state index contributed by atoms with van der Waals surface area (Å²) in [5, 5.41) is 2.42. The summed E-state index contributed by atoms with van der Waals surface area (Å²) in [4.78, 5) is 14.8. The molecule has 1 amide bonds. The van der Waals surface area contributed by atoms with Gasteiger partial charge in [0.15, 0.2) is 0 Å². The Balaban J connectivity index is 2.75. The number of nitrogens with zero attached hydrogens (tertiary/aromatic N) is 1. The number of amides is 1. The zero-order chi connectivity index (χ0) is 9.68. The summed E-state index contributed by atoms with van der Waals surface area (Å²) >= 11 is 0. The Bertz CT molecular complexity index is 287. The van der Waals surface area contributed by atoms with Crippen LogP contribution in [0.25, 0.3) is 0 Å². The maximum absolute atomic E-state index is 11.7. The van der Waals surface area contributed by atoms with E-state index in [1.165, 1.54) is 25.4 Å². The molecule has 5 heteroatoms. The number of carbonyl (C=O) groups is 1. The fourth-order valence-corrected chi connectivity index (χ4v) is 0.791. The van der Waals surface area contributed by atoms with E-state index in [1.807, 2.05) is 0 Å². The van der Waals surface area contributed by atoms with Gasteiger partial charge in [-0.05, 0) is 12.1 Å². The Kier molecular flexibility index (Phi) is 3.19. The van der Waals surface area contributed by atoms with Crippen molar-refractivity contribution < 1.29 is 13.9 Å². The topological polar surface area (TPSA) is 51.2 Å². The highest BCUT2D eigenvalue weighted by Gasteiger charge is 2.03. The molecule has 0 atom stereocenters. The van der Waals surface area contributed by atoms with Crippen LogP contribution < -0.4 is 10.1 Å². The molecule has 1 heterocycles. The molecule has 1 rings (SSSR count). The van der Waals surface area contributed by atoms with Crippen LogP contribution in [0.5, 0.6) is 5.75 Å². The molecule has 13 heavy (non-hydrogen) atoms. The van der Waals surface area contributed by atoms with Crippen LogP contribution in [0.15, 0.2) is 18.3 Å². The van der Waals surface area contributed by atoms with E-state index >= 15 is 0 Å². The second-order valence-corrected chi connectivity index (χ2v) is 2.21. The lowest BCUT2D eigenvalue weighted by atomic mass is 10.3. The Hall–Kier alpha value is -1.65. The number of halogens is 1. The first-order chi connectivity index (χ1) is 6.27. The van der Waals surface area contributed by atoms with Crippen LogP contribution in [-0.2, 0) is 0 Å². The average molecular weight is 184 g/mol. The number of aromatic nitrogens is 1. The zero-order valence-electron chi connectivity index (χ0n) is 7.08. The van der Waals surface area contributed by atoms with Crippen LogP contribution in [0.2, 0.25) is 0 Å². The number of carbonyl (C=O) groups excluding carboxylic acids is 1. The molecule has 0 fully saturated rings. The summed E-state index contributed by atoms with van der Waals surface area (Å²) in [6.07, 6.45) is 1.30. The maximum atomic E-state index is 11.7. The van der Waals surface area contributed by atoms with Gasteiger partial charge in [-0.15, -0.1) is 0 Å². The van der Waals surface area contributed by atoms with E-state index in [2.05, 4.69) is 15.0 Å². The second-order valence-electron chi connectivity index (χ2n) is 2.21. The summed E-state index contributed by atoms with van der Waals surface area (Å²) in [5.74, 6) is 0.0157. The molecule has 0 radical (unpaired) electrons. The highest BCUT2D eigenvalue weighted by atomic mass is 19.1. The van der Waals surface area contributed by atoms with Gasteiger partial charge in [-0.2, -0.15) is 0 Å². The normalized spacial score (nSPS) is 9.38. The number of pyridine rings is 1. The molecule has 4 nitrogen and oxygen atoms in total. The lowest BCUT2D eigenvalue weighted by Gasteiger charge is -2.01. The van der Waals surface area contributed by atoms with Crippen molar-refractivity contribution in [2.24, 2.45) is 0 Å². The first kappa shape index (κ1) is 9.44. The smallest absolute Gasteiger partial charge is 0.269 e. The van der Waals surface area contributed by atoms with Gasteiger partial charge in [-0.3, -0.25) is 4.79 Å². The highest BCUT2D eigenvalue weighted by molar-refractivity contribution is 5.91. The van der Waals surface area contributed by atoms with Crippen molar-refractivity contribution in [3.8, 4) is 5.75 Å². The lowest BCUT2D eigenvalue weighted by molar-refractivity contribution is 0.0958. The number of nitrogens with one attached hydrogen (secondary N) is 1. The zero-order valence-corrected chi connectivity index (χ0v) is 7.08. The molecule has 0 spiro atoms. The van der Waals surface area contributed by atoms with Crippen molar-refractivity contribution in [1.82, 2.24) is 10.3 Å². The molecular formula is C8H9FN2O2. The van der Waals surface area contributed by atoms with Gasteiger partial charge in [0.2, 0.25) is 6.86 Å². The standard InChI is InChI=1S/C8H9FN2O2/c1-10-8(12)7-3-2-6(4-11-7)13-5-9/h2-4H,5H2,1H3,(H,10,12). The Morgan fingerprint density at radius 3 is 2.92 bits per heavy atom. The number of hydrogen-bond acceptors (Lipinski definition) is 3. The number of hydrogen-bond donors (Lipinski definition) is 1. The van der Waals surface area contributed by atoms with Crippen LogP contribution in [0.4, 0.5) is 4.39 Å². The van der Waals surface area contributed by atoms with E-state index < -0.39 is 6.86 Å². The molecule has 1 N–H and O–H groups in total. The van der Waals surface area contributed by atoms with Crippen molar-refractivity contribution in [3.63, 3.8) is 0 Å². The Morgan fingerprint density at radius 2 is 2.46 bits per heavy atom. The molecular weight excluding hydrogens is 175 g/mol. The molecule has 0 aliphatic carbocycles. The van der Waals surface area contributed by atoms with E-state index in [0.29, 0.717) is 5.75 Å². The largest absolute Gasteiger partial charge is 0.461 e. The molecule has 0 aliphatic rings. The van der Waals surface area contributed by atoms with E-state index in [-0.39, 0.29) is 11.6 Å². The van der Waals surface area contributed by atoms with Crippen molar-refractivity contribution >= 4 is 5.91 Å². The van der Waals surface area contributed by atoms with Crippen LogP contribution in [0.3, 0.4) is 0 Å². The Labute approximate surface area is 74.7 Å². The average Bonchev–Trinajstić information content (AvgIpc) is 2.18. The van der Waals surface area contributed by atoms with Crippen LogP contribution in [-0.4, -0.2) is 24.8 Å². The van der Waals surface area contributed by atoms with E-state index in [4.69, 9.17) is 0 Å².